The van der Waals surface area contributed by atoms with Crippen LogP contribution >= 0.6 is 0 Å². The van der Waals surface area contributed by atoms with Crippen LogP contribution in [0.15, 0.2) is 24.3 Å². The van der Waals surface area contributed by atoms with Crippen molar-refractivity contribution < 1.29 is 24.5 Å². The maximum absolute atomic E-state index is 10.6. The highest BCUT2D eigenvalue weighted by atomic mass is 16.7. The van der Waals surface area contributed by atoms with Gasteiger partial charge in [-0.2, -0.15) is 0 Å². The summed E-state index contributed by atoms with van der Waals surface area (Å²) >= 11 is 0. The molecule has 0 radical (unpaired) electrons. The van der Waals surface area contributed by atoms with Gasteiger partial charge in [0.25, 0.3) is 0 Å². The number of carboxylic acid groups (broad SMARTS) is 1. The normalized spacial score (nSPS) is 14.1. The molecular weight excluding hydrogens is 226 g/mol. The zero-order chi connectivity index (χ0) is 12.8. The van der Waals surface area contributed by atoms with Crippen LogP contribution in [-0.4, -0.2) is 36.1 Å². The summed E-state index contributed by atoms with van der Waals surface area (Å²) in [6.45, 7) is 0.122. The molecule has 0 fully saturated rings. The monoisotopic (exact) mass is 241 g/mol. The highest BCUT2D eigenvalue weighted by Gasteiger charge is 2.23. The third-order valence-electron chi connectivity index (χ3n) is 2.19. The van der Waals surface area contributed by atoms with Crippen LogP contribution in [0.3, 0.4) is 0 Å². The van der Waals surface area contributed by atoms with E-state index in [1.807, 2.05) is 0 Å². The Labute approximate surface area is 98.6 Å². The van der Waals surface area contributed by atoms with E-state index in [2.05, 4.69) is 0 Å². The summed E-state index contributed by atoms with van der Waals surface area (Å²) in [5, 5.41) is 18.3. The van der Waals surface area contributed by atoms with E-state index in [1.54, 1.807) is 24.3 Å². The van der Waals surface area contributed by atoms with Crippen molar-refractivity contribution >= 4 is 5.97 Å². The van der Waals surface area contributed by atoms with E-state index in [0.717, 1.165) is 0 Å². The van der Waals surface area contributed by atoms with Gasteiger partial charge in [-0.3, -0.25) is 4.79 Å². The molecule has 1 unspecified atom stereocenters. The molecule has 0 aromatic heterocycles. The Hall–Kier alpha value is -1.63. The molecule has 0 aliphatic carbocycles. The van der Waals surface area contributed by atoms with Crippen LogP contribution in [0.5, 0.6) is 5.75 Å². The lowest BCUT2D eigenvalue weighted by molar-refractivity contribution is -0.141. The van der Waals surface area contributed by atoms with E-state index in [4.69, 9.17) is 20.3 Å². The Bertz CT molecular complexity index is 365. The Morgan fingerprint density at radius 3 is 2.47 bits per heavy atom. The van der Waals surface area contributed by atoms with Crippen LogP contribution in [0.25, 0.3) is 0 Å². The first-order chi connectivity index (χ1) is 8.06. The maximum Gasteiger partial charge on any atom is 0.323 e. The van der Waals surface area contributed by atoms with Gasteiger partial charge in [0.05, 0.1) is 0 Å². The summed E-state index contributed by atoms with van der Waals surface area (Å²) in [6.07, 6.45) is -1.25. The number of methoxy groups -OCH3 is 1. The minimum Gasteiger partial charge on any atom is -0.480 e. The maximum atomic E-state index is 10.6. The molecule has 17 heavy (non-hydrogen) atoms. The molecule has 2 atom stereocenters. The van der Waals surface area contributed by atoms with Gasteiger partial charge in [-0.1, -0.05) is 12.1 Å². The molecule has 4 N–H and O–H groups in total. The molecule has 1 aromatic carbocycles. The van der Waals surface area contributed by atoms with E-state index >= 15 is 0 Å². The van der Waals surface area contributed by atoms with Crippen LogP contribution < -0.4 is 10.5 Å². The van der Waals surface area contributed by atoms with Gasteiger partial charge in [0, 0.05) is 7.11 Å². The number of ether oxygens (including phenoxy) is 2. The third-order valence-corrected chi connectivity index (χ3v) is 2.19. The fraction of sp³-hybridized carbons (Fsp3) is 0.364. The first-order valence-electron chi connectivity index (χ1n) is 4.94. The number of rotatable bonds is 6. The predicted molar refractivity (Wildman–Crippen MR) is 59.5 cm³/mol. The van der Waals surface area contributed by atoms with Crippen molar-refractivity contribution in [3.63, 3.8) is 0 Å². The van der Waals surface area contributed by atoms with Crippen molar-refractivity contribution in [1.29, 1.82) is 0 Å². The van der Waals surface area contributed by atoms with Crippen molar-refractivity contribution in [3.05, 3.63) is 29.8 Å². The number of aliphatic carboxylic acids is 1. The molecule has 0 saturated heterocycles. The summed E-state index contributed by atoms with van der Waals surface area (Å²) in [4.78, 5) is 10.6. The number of hydrogen-bond donors (Lipinski definition) is 3. The van der Waals surface area contributed by atoms with Crippen LogP contribution in [0.1, 0.15) is 11.7 Å². The topological polar surface area (TPSA) is 102 Å². The number of carbonyl (C=O) groups is 1. The number of aliphatic hydroxyl groups is 1. The van der Waals surface area contributed by atoms with Gasteiger partial charge in [0.1, 0.15) is 17.9 Å². The molecule has 0 spiro atoms. The van der Waals surface area contributed by atoms with Crippen molar-refractivity contribution in [1.82, 2.24) is 0 Å². The van der Waals surface area contributed by atoms with Crippen molar-refractivity contribution in [2.75, 3.05) is 13.9 Å². The Morgan fingerprint density at radius 2 is 2.00 bits per heavy atom. The van der Waals surface area contributed by atoms with Crippen molar-refractivity contribution in [2.24, 2.45) is 5.73 Å². The number of hydrogen-bond acceptors (Lipinski definition) is 5. The van der Waals surface area contributed by atoms with E-state index < -0.39 is 18.1 Å². The third kappa shape index (κ3) is 3.70. The molecule has 6 heteroatoms. The van der Waals surface area contributed by atoms with Gasteiger partial charge in [-0.25, -0.2) is 0 Å². The predicted octanol–water partition coefficient (Wildman–Crippen LogP) is 0.115. The Balaban J connectivity index is 2.69. The summed E-state index contributed by atoms with van der Waals surface area (Å²) < 4.78 is 9.87. The SMILES string of the molecule is COCOc1ccc(C(O)[C@H](N)C(=O)O)cc1. The highest BCUT2D eigenvalue weighted by Crippen LogP contribution is 2.19. The Kier molecular flexibility index (Phi) is 4.89. The second-order valence-electron chi connectivity index (χ2n) is 3.43. The highest BCUT2D eigenvalue weighted by molar-refractivity contribution is 5.74. The van der Waals surface area contributed by atoms with Gasteiger partial charge < -0.3 is 25.4 Å². The van der Waals surface area contributed by atoms with Crippen molar-refractivity contribution in [2.45, 2.75) is 12.1 Å². The van der Waals surface area contributed by atoms with Gasteiger partial charge in [-0.15, -0.1) is 0 Å². The fourth-order valence-corrected chi connectivity index (χ4v) is 1.23. The van der Waals surface area contributed by atoms with Crippen LogP contribution in [0.2, 0.25) is 0 Å². The minimum atomic E-state index is -1.35. The molecule has 1 aromatic rings. The van der Waals surface area contributed by atoms with Gasteiger partial charge >= 0.3 is 5.97 Å². The van der Waals surface area contributed by atoms with Gasteiger partial charge in [0.2, 0.25) is 0 Å². The molecule has 0 aliphatic heterocycles. The Morgan fingerprint density at radius 1 is 1.41 bits per heavy atom. The van der Waals surface area contributed by atoms with Gasteiger partial charge in [0.15, 0.2) is 6.79 Å². The summed E-state index contributed by atoms with van der Waals surface area (Å²) in [7, 11) is 1.50. The quantitative estimate of drug-likeness (QED) is 0.611. The van der Waals surface area contributed by atoms with Crippen LogP contribution in [0, 0.1) is 0 Å². The lowest BCUT2D eigenvalue weighted by Gasteiger charge is -2.15. The summed E-state index contributed by atoms with van der Waals surface area (Å²) in [5.74, 6) is -0.691. The largest absolute Gasteiger partial charge is 0.480 e. The number of benzene rings is 1. The second kappa shape index (κ2) is 6.19. The first-order valence-corrected chi connectivity index (χ1v) is 4.94. The molecule has 0 amide bonds. The fourth-order valence-electron chi connectivity index (χ4n) is 1.23. The molecule has 0 bridgehead atoms. The molecule has 6 nitrogen and oxygen atoms in total. The van der Waals surface area contributed by atoms with E-state index in [9.17, 15) is 9.90 Å². The number of carboxylic acids is 1. The average molecular weight is 241 g/mol. The zero-order valence-corrected chi connectivity index (χ0v) is 9.37. The summed E-state index contributed by atoms with van der Waals surface area (Å²) in [6, 6.07) is 4.97. The van der Waals surface area contributed by atoms with Crippen LogP contribution in [-0.2, 0) is 9.53 Å². The van der Waals surface area contributed by atoms with E-state index in [-0.39, 0.29) is 6.79 Å². The van der Waals surface area contributed by atoms with E-state index in [0.29, 0.717) is 11.3 Å². The zero-order valence-electron chi connectivity index (χ0n) is 9.37. The van der Waals surface area contributed by atoms with E-state index in [1.165, 1.54) is 7.11 Å². The minimum absolute atomic E-state index is 0.122. The first kappa shape index (κ1) is 13.4. The number of aliphatic hydroxyl groups excluding tert-OH is 1. The second-order valence-corrected chi connectivity index (χ2v) is 3.43. The molecule has 94 valence electrons. The average Bonchev–Trinajstić information content (AvgIpc) is 2.35. The smallest absolute Gasteiger partial charge is 0.323 e. The molecule has 1 rings (SSSR count). The number of nitrogens with two attached hydrogens (primary N) is 1. The van der Waals surface area contributed by atoms with Crippen molar-refractivity contribution in [3.8, 4) is 5.75 Å². The molecule has 0 saturated carbocycles. The van der Waals surface area contributed by atoms with Gasteiger partial charge in [-0.05, 0) is 17.7 Å². The lowest BCUT2D eigenvalue weighted by Crippen LogP contribution is -2.36. The van der Waals surface area contributed by atoms with Crippen LogP contribution in [0.4, 0.5) is 0 Å². The standard InChI is InChI=1S/C11H15NO5/c1-16-6-17-8-4-2-7(3-5-8)10(13)9(12)11(14)15/h2-5,9-10,13H,6,12H2,1H3,(H,14,15)/t9-,10?/m0/s1. The molecule has 0 aliphatic rings. The molecule has 0 heterocycles. The molecular formula is C11H15NO5. The summed E-state index contributed by atoms with van der Waals surface area (Å²) in [5.41, 5.74) is 5.73. The lowest BCUT2D eigenvalue weighted by atomic mass is 10.0.